The highest BCUT2D eigenvalue weighted by Gasteiger charge is 2.13. The highest BCUT2D eigenvalue weighted by molar-refractivity contribution is 5.84. The zero-order valence-electron chi connectivity index (χ0n) is 18.8. The maximum absolute atomic E-state index is 12.0. The zero-order chi connectivity index (χ0) is 24.7. The number of aromatic nitrogens is 2. The minimum atomic E-state index is -0.647. The lowest BCUT2D eigenvalue weighted by molar-refractivity contribution is -0.384. The molecule has 0 bridgehead atoms. The van der Waals surface area contributed by atoms with Gasteiger partial charge in [0.05, 0.1) is 11.1 Å². The minimum Gasteiger partial charge on any atom is -0.444 e. The molecule has 1 aromatic heterocycles. The van der Waals surface area contributed by atoms with Crippen LogP contribution in [-0.2, 0) is 22.6 Å². The van der Waals surface area contributed by atoms with Gasteiger partial charge >= 0.3 is 12.1 Å². The van der Waals surface area contributed by atoms with Crippen molar-refractivity contribution in [2.75, 3.05) is 24.3 Å². The van der Waals surface area contributed by atoms with Gasteiger partial charge in [0.15, 0.2) is 11.6 Å². The van der Waals surface area contributed by atoms with Gasteiger partial charge in [-0.2, -0.15) is 0 Å². The molecule has 11 heteroatoms. The number of nitro benzene ring substituents is 1. The van der Waals surface area contributed by atoms with Crippen LogP contribution in [0.3, 0.4) is 0 Å². The second-order valence-electron chi connectivity index (χ2n) is 7.46. The Kier molecular flexibility index (Phi) is 7.70. The fourth-order valence-electron chi connectivity index (χ4n) is 2.93. The Labute approximate surface area is 195 Å². The van der Waals surface area contributed by atoms with Crippen LogP contribution in [0.1, 0.15) is 23.9 Å². The lowest BCUT2D eigenvalue weighted by Gasteiger charge is -2.16. The van der Waals surface area contributed by atoms with E-state index in [1.165, 1.54) is 37.4 Å². The molecule has 3 rings (SSSR count). The van der Waals surface area contributed by atoms with Crippen molar-refractivity contribution in [3.63, 3.8) is 0 Å². The average Bonchev–Trinajstić information content (AvgIpc) is 2.80. The maximum atomic E-state index is 12.0. The van der Waals surface area contributed by atoms with E-state index in [-0.39, 0.29) is 18.0 Å². The first-order valence-electron chi connectivity index (χ1n) is 10.2. The van der Waals surface area contributed by atoms with Crippen LogP contribution in [0.2, 0.25) is 0 Å². The Hall–Kier alpha value is -4.54. The highest BCUT2D eigenvalue weighted by atomic mass is 16.6. The highest BCUT2D eigenvalue weighted by Crippen LogP contribution is 2.24. The number of benzene rings is 2. The van der Waals surface area contributed by atoms with E-state index < -0.39 is 17.0 Å². The van der Waals surface area contributed by atoms with Gasteiger partial charge in [-0.05, 0) is 35.4 Å². The summed E-state index contributed by atoms with van der Waals surface area (Å²) < 4.78 is 10.3. The van der Waals surface area contributed by atoms with Gasteiger partial charge < -0.3 is 14.4 Å². The number of esters is 1. The van der Waals surface area contributed by atoms with Gasteiger partial charge in [0, 0.05) is 45.3 Å². The van der Waals surface area contributed by atoms with Crippen LogP contribution < -0.4 is 15.0 Å². The average molecular weight is 465 g/mol. The summed E-state index contributed by atoms with van der Waals surface area (Å²) in [6.45, 7) is 1.30. The zero-order valence-corrected chi connectivity index (χ0v) is 18.8. The maximum Gasteiger partial charge on any atom is 0.411 e. The smallest absolute Gasteiger partial charge is 0.411 e. The molecule has 0 spiro atoms. The molecule has 11 nitrogen and oxygen atoms in total. The van der Waals surface area contributed by atoms with Crippen LogP contribution in [-0.4, -0.2) is 41.0 Å². The van der Waals surface area contributed by atoms with Crippen molar-refractivity contribution in [2.24, 2.45) is 0 Å². The summed E-state index contributed by atoms with van der Waals surface area (Å²) in [4.78, 5) is 44.0. The topological polar surface area (TPSA) is 137 Å². The summed E-state index contributed by atoms with van der Waals surface area (Å²) in [5.41, 5.74) is 2.05. The molecule has 0 aliphatic heterocycles. The largest absolute Gasteiger partial charge is 0.444 e. The number of non-ortho nitro benzene ring substituents is 1. The molecule has 3 aromatic rings. The number of nitrogens with one attached hydrogen (secondary N) is 1. The fourth-order valence-corrected chi connectivity index (χ4v) is 2.93. The Balaban J connectivity index is 1.56. The summed E-state index contributed by atoms with van der Waals surface area (Å²) in [6.07, 6.45) is 1.26. The molecule has 34 heavy (non-hydrogen) atoms. The van der Waals surface area contributed by atoms with Gasteiger partial charge in [-0.1, -0.05) is 12.1 Å². The number of carbonyl (C=O) groups excluding carboxylic acids is 2. The van der Waals surface area contributed by atoms with E-state index >= 15 is 0 Å². The number of ether oxygens (including phenoxy) is 2. The van der Waals surface area contributed by atoms with Crippen molar-refractivity contribution in [3.8, 4) is 5.75 Å². The van der Waals surface area contributed by atoms with E-state index in [9.17, 15) is 19.7 Å². The molecule has 0 aliphatic carbocycles. The van der Waals surface area contributed by atoms with Crippen LogP contribution in [0.5, 0.6) is 5.75 Å². The summed E-state index contributed by atoms with van der Waals surface area (Å²) in [5, 5.41) is 13.3. The fraction of sp³-hybridized carbons (Fsp3) is 0.217. The van der Waals surface area contributed by atoms with Crippen molar-refractivity contribution in [3.05, 3.63) is 81.8 Å². The molecule has 1 N–H and O–H groups in total. The lowest BCUT2D eigenvalue weighted by atomic mass is 10.1. The second-order valence-corrected chi connectivity index (χ2v) is 7.46. The minimum absolute atomic E-state index is 0.0171. The molecule has 2 aromatic carbocycles. The van der Waals surface area contributed by atoms with Gasteiger partial charge in [-0.25, -0.2) is 14.8 Å². The third-order valence-corrected chi connectivity index (χ3v) is 4.54. The van der Waals surface area contributed by atoms with Gasteiger partial charge in [0.2, 0.25) is 0 Å². The standard InChI is InChI=1S/C23H23N5O6/c1-15(29)34-20-13-24-21(26-22(20)27(2)3)12-16-4-8-18(9-5-16)25-23(30)33-14-17-6-10-19(11-7-17)28(31)32/h4-11,13H,12,14H2,1-3H3,(H,25,30). The van der Waals surface area contributed by atoms with Crippen LogP contribution in [0.4, 0.5) is 22.0 Å². The summed E-state index contributed by atoms with van der Waals surface area (Å²) in [6, 6.07) is 12.9. The summed E-state index contributed by atoms with van der Waals surface area (Å²) in [5.74, 6) is 0.874. The Morgan fingerprint density at radius 3 is 2.29 bits per heavy atom. The molecule has 0 saturated carbocycles. The first kappa shape index (κ1) is 24.1. The Bertz CT molecular complexity index is 1180. The number of carbonyl (C=O) groups is 2. The third-order valence-electron chi connectivity index (χ3n) is 4.54. The number of amides is 1. The van der Waals surface area contributed by atoms with Crippen molar-refractivity contribution >= 4 is 29.3 Å². The Morgan fingerprint density at radius 1 is 1.06 bits per heavy atom. The quantitative estimate of drug-likeness (QED) is 0.300. The molecular formula is C23H23N5O6. The number of rotatable bonds is 8. The van der Waals surface area contributed by atoms with Crippen LogP contribution in [0.15, 0.2) is 54.7 Å². The van der Waals surface area contributed by atoms with E-state index in [1.807, 2.05) is 12.1 Å². The second kappa shape index (κ2) is 10.9. The predicted molar refractivity (Wildman–Crippen MR) is 124 cm³/mol. The number of hydrogen-bond donors (Lipinski definition) is 1. The molecule has 0 unspecified atom stereocenters. The third kappa shape index (κ3) is 6.73. The van der Waals surface area contributed by atoms with E-state index in [0.29, 0.717) is 29.3 Å². The molecule has 0 saturated heterocycles. The summed E-state index contributed by atoms with van der Waals surface area (Å²) in [7, 11) is 3.58. The number of anilines is 2. The molecule has 176 valence electrons. The number of hydrogen-bond acceptors (Lipinski definition) is 9. The number of nitrogens with zero attached hydrogens (tertiary/aromatic N) is 4. The lowest BCUT2D eigenvalue weighted by Crippen LogP contribution is -2.16. The van der Waals surface area contributed by atoms with E-state index in [1.54, 1.807) is 31.1 Å². The predicted octanol–water partition coefficient (Wildman–Crippen LogP) is 3.72. The molecule has 0 fully saturated rings. The number of nitro groups is 1. The monoisotopic (exact) mass is 465 g/mol. The van der Waals surface area contributed by atoms with Crippen LogP contribution in [0.25, 0.3) is 0 Å². The normalized spacial score (nSPS) is 10.3. The van der Waals surface area contributed by atoms with E-state index in [0.717, 1.165) is 5.56 Å². The Morgan fingerprint density at radius 2 is 1.71 bits per heavy atom. The van der Waals surface area contributed by atoms with E-state index in [4.69, 9.17) is 9.47 Å². The van der Waals surface area contributed by atoms with Gasteiger partial charge in [-0.3, -0.25) is 20.2 Å². The molecule has 1 heterocycles. The SMILES string of the molecule is CC(=O)Oc1cnc(Cc2ccc(NC(=O)OCc3ccc([N+](=O)[O-])cc3)cc2)nc1N(C)C. The van der Waals surface area contributed by atoms with E-state index in [2.05, 4.69) is 15.3 Å². The first-order chi connectivity index (χ1) is 16.2. The molecule has 1 amide bonds. The van der Waals surface area contributed by atoms with Gasteiger partial charge in [0.25, 0.3) is 5.69 Å². The van der Waals surface area contributed by atoms with Crippen molar-refractivity contribution < 1.29 is 24.0 Å². The molecule has 0 atom stereocenters. The molecule has 0 radical (unpaired) electrons. The molecular weight excluding hydrogens is 442 g/mol. The van der Waals surface area contributed by atoms with Crippen molar-refractivity contribution in [1.29, 1.82) is 0 Å². The van der Waals surface area contributed by atoms with Crippen LogP contribution >= 0.6 is 0 Å². The van der Waals surface area contributed by atoms with Gasteiger partial charge in [0.1, 0.15) is 12.4 Å². The summed E-state index contributed by atoms with van der Waals surface area (Å²) >= 11 is 0. The van der Waals surface area contributed by atoms with Crippen LogP contribution in [0, 0.1) is 10.1 Å². The van der Waals surface area contributed by atoms with Crippen molar-refractivity contribution in [2.45, 2.75) is 20.0 Å². The van der Waals surface area contributed by atoms with Gasteiger partial charge in [-0.15, -0.1) is 0 Å². The van der Waals surface area contributed by atoms with Crippen molar-refractivity contribution in [1.82, 2.24) is 9.97 Å². The molecule has 0 aliphatic rings. The first-order valence-corrected chi connectivity index (χ1v) is 10.2.